The lowest BCUT2D eigenvalue weighted by atomic mass is 10.1. The molecule has 0 fully saturated rings. The average Bonchev–Trinajstić information content (AvgIpc) is 2.78. The van der Waals surface area contributed by atoms with Gasteiger partial charge in [0.1, 0.15) is 5.01 Å². The van der Waals surface area contributed by atoms with Crippen LogP contribution in [0.15, 0.2) is 36.4 Å². The van der Waals surface area contributed by atoms with E-state index >= 15 is 0 Å². The van der Waals surface area contributed by atoms with Crippen LogP contribution in [-0.4, -0.2) is 16.1 Å². The smallest absolute Gasteiger partial charge is 0.249 e. The number of aromatic nitrogens is 2. The second-order valence-electron chi connectivity index (χ2n) is 3.72. The average molecular weight is 259 g/mol. The summed E-state index contributed by atoms with van der Waals surface area (Å²) in [6, 6.07) is 7.96. The monoisotopic (exact) mass is 259 g/mol. The van der Waals surface area contributed by atoms with E-state index in [2.05, 4.69) is 15.5 Å². The van der Waals surface area contributed by atoms with E-state index in [1.807, 2.05) is 31.2 Å². The highest BCUT2D eigenvalue weighted by Gasteiger charge is 2.09. The predicted molar refractivity (Wildman–Crippen MR) is 73.5 cm³/mol. The molecule has 0 atom stereocenters. The maximum atomic E-state index is 11.4. The minimum atomic E-state index is -0.190. The number of hydrogen-bond acceptors (Lipinski definition) is 4. The largest absolute Gasteiger partial charge is 0.297 e. The van der Waals surface area contributed by atoms with E-state index in [4.69, 9.17) is 0 Å². The molecule has 2 rings (SSSR count). The fraction of sp³-hybridized carbons (Fsp3) is 0.154. The summed E-state index contributed by atoms with van der Waals surface area (Å²) >= 11 is 1.37. The highest BCUT2D eigenvalue weighted by Crippen LogP contribution is 2.28. The van der Waals surface area contributed by atoms with E-state index in [0.29, 0.717) is 5.13 Å². The van der Waals surface area contributed by atoms with E-state index in [-0.39, 0.29) is 5.91 Å². The van der Waals surface area contributed by atoms with Gasteiger partial charge in [0.15, 0.2) is 0 Å². The van der Waals surface area contributed by atoms with Crippen molar-refractivity contribution in [2.45, 2.75) is 13.8 Å². The van der Waals surface area contributed by atoms with Gasteiger partial charge >= 0.3 is 0 Å². The molecule has 5 heteroatoms. The third-order valence-corrected chi connectivity index (χ3v) is 3.22. The molecule has 0 unspecified atom stereocenters. The molecule has 0 bridgehead atoms. The molecule has 1 heterocycles. The molecule has 1 N–H and O–H groups in total. The number of hydrogen-bond donors (Lipinski definition) is 1. The van der Waals surface area contributed by atoms with Crippen LogP contribution in [0, 0.1) is 6.92 Å². The highest BCUT2D eigenvalue weighted by molar-refractivity contribution is 7.18. The van der Waals surface area contributed by atoms with Crippen molar-refractivity contribution in [1.29, 1.82) is 0 Å². The SMILES string of the molecule is C/C=C/C(=O)Nc1nnc(-c2ccccc2C)s1. The zero-order valence-electron chi connectivity index (χ0n) is 10.2. The van der Waals surface area contributed by atoms with Gasteiger partial charge in [-0.25, -0.2) is 0 Å². The van der Waals surface area contributed by atoms with Gasteiger partial charge in [-0.2, -0.15) is 0 Å². The molecule has 18 heavy (non-hydrogen) atoms. The van der Waals surface area contributed by atoms with E-state index in [1.165, 1.54) is 17.4 Å². The molecule has 4 nitrogen and oxygen atoms in total. The maximum Gasteiger partial charge on any atom is 0.249 e. The highest BCUT2D eigenvalue weighted by atomic mass is 32.1. The number of nitrogens with zero attached hydrogens (tertiary/aromatic N) is 2. The fourth-order valence-electron chi connectivity index (χ4n) is 1.49. The number of aryl methyl sites for hydroxylation is 1. The molecule has 0 aliphatic carbocycles. The normalized spacial score (nSPS) is 10.8. The molecule has 0 saturated heterocycles. The zero-order valence-corrected chi connectivity index (χ0v) is 11.0. The summed E-state index contributed by atoms with van der Waals surface area (Å²) in [4.78, 5) is 11.4. The molecular formula is C13H13N3OS. The van der Waals surface area contributed by atoms with Crippen LogP contribution in [0.4, 0.5) is 5.13 Å². The second-order valence-corrected chi connectivity index (χ2v) is 4.69. The van der Waals surface area contributed by atoms with Crippen LogP contribution >= 0.6 is 11.3 Å². The van der Waals surface area contributed by atoms with Crippen molar-refractivity contribution in [3.63, 3.8) is 0 Å². The Hall–Kier alpha value is -2.01. The van der Waals surface area contributed by atoms with Gasteiger partial charge in [0.05, 0.1) is 0 Å². The van der Waals surface area contributed by atoms with Gasteiger partial charge in [0.25, 0.3) is 0 Å². The van der Waals surface area contributed by atoms with E-state index < -0.39 is 0 Å². The molecule has 0 spiro atoms. The predicted octanol–water partition coefficient (Wildman–Crippen LogP) is 3.03. The van der Waals surface area contributed by atoms with Gasteiger partial charge in [-0.15, -0.1) is 10.2 Å². The van der Waals surface area contributed by atoms with E-state index in [1.54, 1.807) is 13.0 Å². The topological polar surface area (TPSA) is 54.9 Å². The molecule has 1 aromatic heterocycles. The molecule has 0 aliphatic heterocycles. The lowest BCUT2D eigenvalue weighted by Gasteiger charge is -1.99. The first-order valence-corrected chi connectivity index (χ1v) is 6.35. The number of allylic oxidation sites excluding steroid dienone is 1. The van der Waals surface area contributed by atoms with Gasteiger partial charge in [-0.1, -0.05) is 41.7 Å². The van der Waals surface area contributed by atoms with Crippen LogP contribution in [0.1, 0.15) is 12.5 Å². The minimum Gasteiger partial charge on any atom is -0.297 e. The first-order valence-electron chi connectivity index (χ1n) is 5.54. The van der Waals surface area contributed by atoms with Crippen LogP contribution in [0.5, 0.6) is 0 Å². The third kappa shape index (κ3) is 2.81. The van der Waals surface area contributed by atoms with Crippen molar-refractivity contribution >= 4 is 22.4 Å². The van der Waals surface area contributed by atoms with E-state index in [0.717, 1.165) is 16.1 Å². The first kappa shape index (κ1) is 12.4. The molecule has 1 amide bonds. The number of carbonyl (C=O) groups excluding carboxylic acids is 1. The van der Waals surface area contributed by atoms with Crippen molar-refractivity contribution < 1.29 is 4.79 Å². The summed E-state index contributed by atoms with van der Waals surface area (Å²) in [5, 5.41) is 12.0. The standard InChI is InChI=1S/C13H13N3OS/c1-3-6-11(17)14-13-16-15-12(18-13)10-8-5-4-7-9(10)2/h3-8H,1-2H3,(H,14,16,17)/b6-3+. The summed E-state index contributed by atoms with van der Waals surface area (Å²) in [7, 11) is 0. The number of amides is 1. The lowest BCUT2D eigenvalue weighted by Crippen LogP contribution is -2.07. The summed E-state index contributed by atoms with van der Waals surface area (Å²) in [6.45, 7) is 3.81. The Morgan fingerprint density at radius 1 is 1.33 bits per heavy atom. The fourth-order valence-corrected chi connectivity index (χ4v) is 2.33. The number of carbonyl (C=O) groups is 1. The lowest BCUT2D eigenvalue weighted by molar-refractivity contribution is -0.111. The number of anilines is 1. The van der Waals surface area contributed by atoms with Gasteiger partial charge < -0.3 is 0 Å². The van der Waals surface area contributed by atoms with Crippen LogP contribution in [0.25, 0.3) is 10.6 Å². The van der Waals surface area contributed by atoms with Crippen molar-refractivity contribution in [1.82, 2.24) is 10.2 Å². The number of rotatable bonds is 3. The van der Waals surface area contributed by atoms with Gasteiger partial charge in [-0.05, 0) is 25.5 Å². The van der Waals surface area contributed by atoms with Crippen molar-refractivity contribution in [3.05, 3.63) is 42.0 Å². The summed E-state index contributed by atoms with van der Waals surface area (Å²) < 4.78 is 0. The molecule has 2 aromatic rings. The Morgan fingerprint density at radius 3 is 2.83 bits per heavy atom. The first-order chi connectivity index (χ1) is 8.70. The third-order valence-electron chi connectivity index (χ3n) is 2.35. The molecule has 0 aliphatic rings. The van der Waals surface area contributed by atoms with E-state index in [9.17, 15) is 4.79 Å². The van der Waals surface area contributed by atoms with Gasteiger partial charge in [0.2, 0.25) is 11.0 Å². The number of nitrogens with one attached hydrogen (secondary N) is 1. The van der Waals surface area contributed by atoms with Crippen LogP contribution in [-0.2, 0) is 4.79 Å². The minimum absolute atomic E-state index is 0.190. The van der Waals surface area contributed by atoms with Crippen LogP contribution < -0.4 is 5.32 Å². The molecular weight excluding hydrogens is 246 g/mol. The van der Waals surface area contributed by atoms with Crippen LogP contribution in [0.2, 0.25) is 0 Å². The quantitative estimate of drug-likeness (QED) is 0.862. The Morgan fingerprint density at radius 2 is 2.11 bits per heavy atom. The summed E-state index contributed by atoms with van der Waals surface area (Å²) in [6.07, 6.45) is 3.13. The van der Waals surface area contributed by atoms with Crippen molar-refractivity contribution in [2.75, 3.05) is 5.32 Å². The molecule has 0 saturated carbocycles. The Labute approximate surface area is 109 Å². The Kier molecular flexibility index (Phi) is 3.84. The van der Waals surface area contributed by atoms with Crippen molar-refractivity contribution in [3.8, 4) is 10.6 Å². The van der Waals surface area contributed by atoms with Crippen LogP contribution in [0.3, 0.4) is 0 Å². The Bertz CT molecular complexity index is 589. The van der Waals surface area contributed by atoms with Gasteiger partial charge in [-0.3, -0.25) is 10.1 Å². The number of benzene rings is 1. The molecule has 0 radical (unpaired) electrons. The second kappa shape index (κ2) is 5.55. The zero-order chi connectivity index (χ0) is 13.0. The Balaban J connectivity index is 2.21. The van der Waals surface area contributed by atoms with Crippen molar-refractivity contribution in [2.24, 2.45) is 0 Å². The van der Waals surface area contributed by atoms with Gasteiger partial charge in [0, 0.05) is 5.56 Å². The molecule has 92 valence electrons. The molecule has 1 aromatic carbocycles. The summed E-state index contributed by atoms with van der Waals surface area (Å²) in [5.41, 5.74) is 2.18. The summed E-state index contributed by atoms with van der Waals surface area (Å²) in [5.74, 6) is -0.190. The maximum absolute atomic E-state index is 11.4.